The molecule has 0 unspecified atom stereocenters. The summed E-state index contributed by atoms with van der Waals surface area (Å²) in [4.78, 5) is 14.3. The van der Waals surface area contributed by atoms with E-state index in [-0.39, 0.29) is 5.91 Å². The van der Waals surface area contributed by atoms with Gasteiger partial charge in [0.15, 0.2) is 0 Å². The molecule has 0 radical (unpaired) electrons. The predicted octanol–water partition coefficient (Wildman–Crippen LogP) is 1.93. The molecule has 0 saturated carbocycles. The number of hydrogen-bond acceptors (Lipinski definition) is 3. The second-order valence-corrected chi connectivity index (χ2v) is 5.39. The number of amides is 1. The van der Waals surface area contributed by atoms with Crippen LogP contribution in [-0.2, 0) is 11.8 Å². The summed E-state index contributed by atoms with van der Waals surface area (Å²) in [5.74, 6) is 0.832. The van der Waals surface area contributed by atoms with Crippen LogP contribution in [0, 0.1) is 6.92 Å². The maximum atomic E-state index is 12.0. The molecular formula is C14H24N4O. The predicted molar refractivity (Wildman–Crippen MR) is 76.1 cm³/mol. The van der Waals surface area contributed by atoms with Gasteiger partial charge in [0, 0.05) is 13.1 Å². The Morgan fingerprint density at radius 1 is 1.26 bits per heavy atom. The van der Waals surface area contributed by atoms with Gasteiger partial charge >= 0.3 is 0 Å². The molecule has 0 atom stereocenters. The fourth-order valence-electron chi connectivity index (χ4n) is 2.58. The summed E-state index contributed by atoms with van der Waals surface area (Å²) in [6, 6.07) is 1.89. The van der Waals surface area contributed by atoms with Gasteiger partial charge in [-0.05, 0) is 32.9 Å². The van der Waals surface area contributed by atoms with E-state index in [1.807, 2.05) is 20.0 Å². The van der Waals surface area contributed by atoms with E-state index in [0.29, 0.717) is 6.54 Å². The third kappa shape index (κ3) is 4.35. The van der Waals surface area contributed by atoms with Gasteiger partial charge in [0.2, 0.25) is 5.91 Å². The Balaban J connectivity index is 1.84. The van der Waals surface area contributed by atoms with Gasteiger partial charge in [-0.3, -0.25) is 14.4 Å². The first kappa shape index (κ1) is 14.1. The smallest absolute Gasteiger partial charge is 0.239 e. The molecule has 1 aliphatic rings. The molecule has 0 spiro atoms. The van der Waals surface area contributed by atoms with Gasteiger partial charge < -0.3 is 5.32 Å². The average molecular weight is 264 g/mol. The number of hydrogen-bond donors (Lipinski definition) is 1. The largest absolute Gasteiger partial charge is 0.310 e. The van der Waals surface area contributed by atoms with Crippen molar-refractivity contribution in [2.75, 3.05) is 25.0 Å². The molecule has 5 nitrogen and oxygen atoms in total. The number of carbonyl (C=O) groups excluding carboxylic acids is 1. The number of rotatable bonds is 3. The minimum atomic E-state index is 0.0589. The molecule has 2 heterocycles. The molecule has 1 aromatic rings. The quantitative estimate of drug-likeness (QED) is 0.907. The van der Waals surface area contributed by atoms with Crippen LogP contribution in [0.5, 0.6) is 0 Å². The van der Waals surface area contributed by atoms with Gasteiger partial charge in [0.25, 0.3) is 0 Å². The number of aryl methyl sites for hydroxylation is 2. The lowest BCUT2D eigenvalue weighted by atomic mass is 10.1. The lowest BCUT2D eigenvalue weighted by molar-refractivity contribution is -0.117. The molecule has 1 N–H and O–H groups in total. The van der Waals surface area contributed by atoms with Crippen LogP contribution in [0.25, 0.3) is 0 Å². The van der Waals surface area contributed by atoms with Crippen LogP contribution in [0.3, 0.4) is 0 Å². The number of anilines is 1. The lowest BCUT2D eigenvalue weighted by Crippen LogP contribution is -2.35. The number of likely N-dealkylation sites (tertiary alicyclic amines) is 1. The van der Waals surface area contributed by atoms with Crippen molar-refractivity contribution in [1.29, 1.82) is 0 Å². The van der Waals surface area contributed by atoms with Crippen molar-refractivity contribution in [3.63, 3.8) is 0 Å². The van der Waals surface area contributed by atoms with Crippen molar-refractivity contribution in [3.05, 3.63) is 11.8 Å². The summed E-state index contributed by atoms with van der Waals surface area (Å²) >= 11 is 0. The van der Waals surface area contributed by atoms with Crippen molar-refractivity contribution in [2.45, 2.75) is 39.0 Å². The summed E-state index contributed by atoms with van der Waals surface area (Å²) < 4.78 is 1.71. The molecule has 0 bridgehead atoms. The topological polar surface area (TPSA) is 50.2 Å². The van der Waals surface area contributed by atoms with Gasteiger partial charge in [-0.25, -0.2) is 0 Å². The van der Waals surface area contributed by atoms with E-state index in [2.05, 4.69) is 15.3 Å². The number of nitrogens with zero attached hydrogens (tertiary/aromatic N) is 3. The van der Waals surface area contributed by atoms with Gasteiger partial charge in [0.1, 0.15) is 5.82 Å². The Morgan fingerprint density at radius 2 is 1.89 bits per heavy atom. The van der Waals surface area contributed by atoms with Crippen molar-refractivity contribution < 1.29 is 4.79 Å². The van der Waals surface area contributed by atoms with Gasteiger partial charge in [-0.2, -0.15) is 5.10 Å². The minimum absolute atomic E-state index is 0.0589. The standard InChI is InChI=1S/C14H24N4O/c1-12-10-13(17(2)16-12)15-14(19)11-18-8-6-4-3-5-7-9-18/h10H,3-9,11H2,1-2H3,(H,15,19). The molecular weight excluding hydrogens is 240 g/mol. The SMILES string of the molecule is Cc1cc(NC(=O)CN2CCCCCCC2)n(C)n1. The minimum Gasteiger partial charge on any atom is -0.310 e. The highest BCUT2D eigenvalue weighted by Crippen LogP contribution is 2.11. The third-order valence-electron chi connectivity index (χ3n) is 3.59. The Bertz CT molecular complexity index is 419. The summed E-state index contributed by atoms with van der Waals surface area (Å²) in [6.07, 6.45) is 6.34. The number of nitrogens with one attached hydrogen (secondary N) is 1. The van der Waals surface area contributed by atoms with E-state index in [9.17, 15) is 4.79 Å². The van der Waals surface area contributed by atoms with E-state index < -0.39 is 0 Å². The van der Waals surface area contributed by atoms with Crippen LogP contribution in [0.15, 0.2) is 6.07 Å². The molecule has 5 heteroatoms. The molecule has 0 aromatic carbocycles. The lowest BCUT2D eigenvalue weighted by Gasteiger charge is -2.23. The molecule has 106 valence electrons. The molecule has 1 aliphatic heterocycles. The highest BCUT2D eigenvalue weighted by molar-refractivity contribution is 5.91. The molecule has 1 saturated heterocycles. The van der Waals surface area contributed by atoms with E-state index in [1.54, 1.807) is 4.68 Å². The number of aromatic nitrogens is 2. The molecule has 2 rings (SSSR count). The normalized spacial score (nSPS) is 17.8. The fraction of sp³-hybridized carbons (Fsp3) is 0.714. The first-order valence-corrected chi connectivity index (χ1v) is 7.18. The van der Waals surface area contributed by atoms with Crippen molar-refractivity contribution >= 4 is 11.7 Å². The molecule has 1 aromatic heterocycles. The first-order chi connectivity index (χ1) is 9.15. The zero-order valence-electron chi connectivity index (χ0n) is 12.0. The summed E-state index contributed by atoms with van der Waals surface area (Å²) in [7, 11) is 1.85. The van der Waals surface area contributed by atoms with Crippen LogP contribution in [0.4, 0.5) is 5.82 Å². The summed E-state index contributed by atoms with van der Waals surface area (Å²) in [6.45, 7) is 4.49. The van der Waals surface area contributed by atoms with Crippen molar-refractivity contribution in [3.8, 4) is 0 Å². The Hall–Kier alpha value is -1.36. The molecule has 1 amide bonds. The third-order valence-corrected chi connectivity index (χ3v) is 3.59. The second-order valence-electron chi connectivity index (χ2n) is 5.39. The maximum Gasteiger partial charge on any atom is 0.239 e. The van der Waals surface area contributed by atoms with Crippen LogP contribution < -0.4 is 5.32 Å². The molecule has 0 aliphatic carbocycles. The van der Waals surface area contributed by atoms with Gasteiger partial charge in [-0.15, -0.1) is 0 Å². The summed E-state index contributed by atoms with van der Waals surface area (Å²) in [5, 5.41) is 7.16. The Morgan fingerprint density at radius 3 is 2.47 bits per heavy atom. The maximum absolute atomic E-state index is 12.0. The number of carbonyl (C=O) groups is 1. The van der Waals surface area contributed by atoms with Crippen LogP contribution in [-0.4, -0.2) is 40.2 Å². The Labute approximate surface area is 115 Å². The monoisotopic (exact) mass is 264 g/mol. The van der Waals surface area contributed by atoms with E-state index >= 15 is 0 Å². The fourth-order valence-corrected chi connectivity index (χ4v) is 2.58. The Kier molecular flexibility index (Phi) is 4.96. The average Bonchev–Trinajstić information content (AvgIpc) is 2.61. The van der Waals surface area contributed by atoms with E-state index in [1.165, 1.54) is 32.1 Å². The first-order valence-electron chi connectivity index (χ1n) is 7.18. The zero-order valence-corrected chi connectivity index (χ0v) is 12.0. The molecule has 19 heavy (non-hydrogen) atoms. The summed E-state index contributed by atoms with van der Waals surface area (Å²) in [5.41, 5.74) is 0.920. The van der Waals surface area contributed by atoms with Crippen LogP contribution in [0.1, 0.15) is 37.8 Å². The van der Waals surface area contributed by atoms with Crippen LogP contribution in [0.2, 0.25) is 0 Å². The van der Waals surface area contributed by atoms with Crippen molar-refractivity contribution in [2.24, 2.45) is 7.05 Å². The highest BCUT2D eigenvalue weighted by atomic mass is 16.2. The highest BCUT2D eigenvalue weighted by Gasteiger charge is 2.13. The van der Waals surface area contributed by atoms with E-state index in [0.717, 1.165) is 24.6 Å². The van der Waals surface area contributed by atoms with Gasteiger partial charge in [-0.1, -0.05) is 19.3 Å². The van der Waals surface area contributed by atoms with Crippen LogP contribution >= 0.6 is 0 Å². The van der Waals surface area contributed by atoms with E-state index in [4.69, 9.17) is 0 Å². The van der Waals surface area contributed by atoms with Gasteiger partial charge in [0.05, 0.1) is 12.2 Å². The molecule has 1 fully saturated rings. The zero-order chi connectivity index (χ0) is 13.7. The van der Waals surface area contributed by atoms with Crippen molar-refractivity contribution in [1.82, 2.24) is 14.7 Å². The second kappa shape index (κ2) is 6.70.